The molecule has 21 heavy (non-hydrogen) atoms. The maximum Gasteiger partial charge on any atom is 0.335 e. The van der Waals surface area contributed by atoms with Gasteiger partial charge in [-0.2, -0.15) is 0 Å². The molecule has 112 valence electrons. The van der Waals surface area contributed by atoms with Crippen LogP contribution in [0.1, 0.15) is 54.2 Å². The maximum absolute atomic E-state index is 11.1. The average Bonchev–Trinajstić information content (AvgIpc) is 2.86. The third-order valence-electron chi connectivity index (χ3n) is 4.32. The normalized spacial score (nSPS) is 16.4. The van der Waals surface area contributed by atoms with E-state index in [1.807, 2.05) is 0 Å². The highest BCUT2D eigenvalue weighted by Gasteiger charge is 2.22. The van der Waals surface area contributed by atoms with E-state index in [0.717, 1.165) is 24.2 Å². The van der Waals surface area contributed by atoms with Crippen LogP contribution in [0.3, 0.4) is 0 Å². The Morgan fingerprint density at radius 1 is 1.29 bits per heavy atom. The molecule has 1 saturated carbocycles. The zero-order valence-corrected chi connectivity index (χ0v) is 12.0. The predicted molar refractivity (Wildman–Crippen MR) is 79.6 cm³/mol. The number of hydrogen-bond donors (Lipinski definition) is 2. The summed E-state index contributed by atoms with van der Waals surface area (Å²) in [6.07, 6.45) is 5.96. The Morgan fingerprint density at radius 3 is 2.71 bits per heavy atom. The summed E-state index contributed by atoms with van der Waals surface area (Å²) in [6.45, 7) is 0.570. The minimum atomic E-state index is -0.937. The molecule has 1 aliphatic carbocycles. The Balaban J connectivity index is 2.08. The highest BCUT2D eigenvalue weighted by Crippen LogP contribution is 2.34. The number of fused-ring (bicyclic) bond motifs is 1. The molecule has 0 unspecified atom stereocenters. The first-order valence-corrected chi connectivity index (χ1v) is 7.55. The minimum absolute atomic E-state index is 0.0614. The molecule has 1 aromatic carbocycles. The SMILES string of the molecule is O=C(O)c1ccc2c(c1)nc(C1CCCCC1)n2CCO. The molecule has 1 fully saturated rings. The van der Waals surface area contributed by atoms with Crippen LogP contribution < -0.4 is 0 Å². The summed E-state index contributed by atoms with van der Waals surface area (Å²) in [5.41, 5.74) is 1.88. The largest absolute Gasteiger partial charge is 0.478 e. The number of aromatic nitrogens is 2. The van der Waals surface area contributed by atoms with Crippen molar-refractivity contribution in [2.24, 2.45) is 0 Å². The number of imidazole rings is 1. The van der Waals surface area contributed by atoms with Crippen LogP contribution in [0, 0.1) is 0 Å². The van der Waals surface area contributed by atoms with E-state index in [0.29, 0.717) is 18.0 Å². The second-order valence-electron chi connectivity index (χ2n) is 5.69. The van der Waals surface area contributed by atoms with E-state index in [2.05, 4.69) is 9.55 Å². The van der Waals surface area contributed by atoms with Gasteiger partial charge in [0.15, 0.2) is 0 Å². The summed E-state index contributed by atoms with van der Waals surface area (Å²) in [6, 6.07) is 5.02. The Kier molecular flexibility index (Phi) is 3.92. The number of hydrogen-bond acceptors (Lipinski definition) is 3. The summed E-state index contributed by atoms with van der Waals surface area (Å²) < 4.78 is 2.05. The van der Waals surface area contributed by atoms with Crippen LogP contribution >= 0.6 is 0 Å². The number of nitrogens with zero attached hydrogens (tertiary/aromatic N) is 2. The first-order chi connectivity index (χ1) is 10.2. The first kappa shape index (κ1) is 14.1. The molecule has 0 spiro atoms. The summed E-state index contributed by atoms with van der Waals surface area (Å²) in [4.78, 5) is 15.8. The molecule has 0 bridgehead atoms. The molecule has 2 aromatic rings. The van der Waals surface area contributed by atoms with Crippen LogP contribution in [0.2, 0.25) is 0 Å². The Labute approximate surface area is 123 Å². The Morgan fingerprint density at radius 2 is 2.05 bits per heavy atom. The molecule has 1 aromatic heterocycles. The number of aromatic carboxylic acids is 1. The van der Waals surface area contributed by atoms with Gasteiger partial charge in [-0.3, -0.25) is 0 Å². The number of benzene rings is 1. The van der Waals surface area contributed by atoms with Gasteiger partial charge in [0.25, 0.3) is 0 Å². The molecule has 2 N–H and O–H groups in total. The molecule has 1 aliphatic rings. The van der Waals surface area contributed by atoms with Crippen LogP contribution in [0.15, 0.2) is 18.2 Å². The third-order valence-corrected chi connectivity index (χ3v) is 4.32. The number of carbonyl (C=O) groups is 1. The van der Waals surface area contributed by atoms with Crippen LogP contribution in [0.5, 0.6) is 0 Å². The fourth-order valence-electron chi connectivity index (χ4n) is 3.29. The van der Waals surface area contributed by atoms with E-state index in [4.69, 9.17) is 5.11 Å². The van der Waals surface area contributed by atoms with Gasteiger partial charge >= 0.3 is 5.97 Å². The zero-order valence-electron chi connectivity index (χ0n) is 12.0. The van der Waals surface area contributed by atoms with Gasteiger partial charge in [0.1, 0.15) is 5.82 Å². The molecule has 5 nitrogen and oxygen atoms in total. The van der Waals surface area contributed by atoms with Crippen molar-refractivity contribution >= 4 is 17.0 Å². The molecule has 0 aliphatic heterocycles. The van der Waals surface area contributed by atoms with Crippen molar-refractivity contribution in [3.8, 4) is 0 Å². The zero-order chi connectivity index (χ0) is 14.8. The number of aliphatic hydroxyl groups excluding tert-OH is 1. The van der Waals surface area contributed by atoms with Crippen molar-refractivity contribution < 1.29 is 15.0 Å². The van der Waals surface area contributed by atoms with E-state index in [1.165, 1.54) is 19.3 Å². The Hall–Kier alpha value is -1.88. The van der Waals surface area contributed by atoms with Crippen LogP contribution in [0.25, 0.3) is 11.0 Å². The lowest BCUT2D eigenvalue weighted by Gasteiger charge is -2.22. The number of carboxylic acid groups (broad SMARTS) is 1. The van der Waals surface area contributed by atoms with Gasteiger partial charge in [-0.15, -0.1) is 0 Å². The lowest BCUT2D eigenvalue weighted by Crippen LogP contribution is -2.13. The summed E-state index contributed by atoms with van der Waals surface area (Å²) >= 11 is 0. The maximum atomic E-state index is 11.1. The van der Waals surface area contributed by atoms with Gasteiger partial charge in [-0.25, -0.2) is 9.78 Å². The van der Waals surface area contributed by atoms with Crippen LogP contribution in [-0.2, 0) is 6.54 Å². The first-order valence-electron chi connectivity index (χ1n) is 7.55. The number of rotatable bonds is 4. The molecular formula is C16H20N2O3. The highest BCUT2D eigenvalue weighted by molar-refractivity contribution is 5.92. The van der Waals surface area contributed by atoms with E-state index >= 15 is 0 Å². The van der Waals surface area contributed by atoms with Crippen molar-refractivity contribution in [1.82, 2.24) is 9.55 Å². The lowest BCUT2D eigenvalue weighted by molar-refractivity contribution is 0.0697. The quantitative estimate of drug-likeness (QED) is 0.907. The monoisotopic (exact) mass is 288 g/mol. The van der Waals surface area contributed by atoms with Crippen molar-refractivity contribution in [3.05, 3.63) is 29.6 Å². The van der Waals surface area contributed by atoms with Gasteiger partial charge in [0.05, 0.1) is 23.2 Å². The van der Waals surface area contributed by atoms with Gasteiger partial charge in [0.2, 0.25) is 0 Å². The van der Waals surface area contributed by atoms with E-state index in [-0.39, 0.29) is 12.2 Å². The van der Waals surface area contributed by atoms with Crippen molar-refractivity contribution in [1.29, 1.82) is 0 Å². The average molecular weight is 288 g/mol. The van der Waals surface area contributed by atoms with Gasteiger partial charge in [-0.1, -0.05) is 19.3 Å². The van der Waals surface area contributed by atoms with E-state index in [9.17, 15) is 9.90 Å². The van der Waals surface area contributed by atoms with Crippen molar-refractivity contribution in [2.75, 3.05) is 6.61 Å². The molecule has 0 radical (unpaired) electrons. The molecular weight excluding hydrogens is 268 g/mol. The molecule has 0 amide bonds. The lowest BCUT2D eigenvalue weighted by atomic mass is 9.88. The number of aliphatic hydroxyl groups is 1. The van der Waals surface area contributed by atoms with Crippen LogP contribution in [0.4, 0.5) is 0 Å². The van der Waals surface area contributed by atoms with Crippen molar-refractivity contribution in [2.45, 2.75) is 44.6 Å². The van der Waals surface area contributed by atoms with E-state index in [1.54, 1.807) is 18.2 Å². The summed E-state index contributed by atoms with van der Waals surface area (Å²) in [5.74, 6) is 0.486. The number of carboxylic acids is 1. The summed E-state index contributed by atoms with van der Waals surface area (Å²) in [7, 11) is 0. The standard InChI is InChI=1S/C16H20N2O3/c19-9-8-18-14-7-6-12(16(20)21)10-13(14)17-15(18)11-4-2-1-3-5-11/h6-7,10-11,19H,1-5,8-9H2,(H,20,21). The van der Waals surface area contributed by atoms with Gasteiger partial charge in [0, 0.05) is 12.5 Å². The molecule has 0 atom stereocenters. The van der Waals surface area contributed by atoms with Gasteiger partial charge in [-0.05, 0) is 31.0 Å². The summed E-state index contributed by atoms with van der Waals surface area (Å²) in [5, 5.41) is 18.4. The Bertz CT molecular complexity index is 657. The second-order valence-corrected chi connectivity index (χ2v) is 5.69. The fraction of sp³-hybridized carbons (Fsp3) is 0.500. The molecule has 0 saturated heterocycles. The smallest absolute Gasteiger partial charge is 0.335 e. The van der Waals surface area contributed by atoms with Crippen molar-refractivity contribution in [3.63, 3.8) is 0 Å². The second kappa shape index (κ2) is 5.85. The third kappa shape index (κ3) is 2.65. The molecule has 1 heterocycles. The van der Waals surface area contributed by atoms with Gasteiger partial charge < -0.3 is 14.8 Å². The molecule has 5 heteroatoms. The topological polar surface area (TPSA) is 75.3 Å². The van der Waals surface area contributed by atoms with E-state index < -0.39 is 5.97 Å². The van der Waals surface area contributed by atoms with Crippen LogP contribution in [-0.4, -0.2) is 32.3 Å². The minimum Gasteiger partial charge on any atom is -0.478 e. The molecule has 3 rings (SSSR count). The fourth-order valence-corrected chi connectivity index (χ4v) is 3.29. The highest BCUT2D eigenvalue weighted by atomic mass is 16.4. The predicted octanol–water partition coefficient (Wildman–Crippen LogP) is 2.77.